The van der Waals surface area contributed by atoms with E-state index in [2.05, 4.69) is 15.6 Å². The molecule has 1 aromatic heterocycles. The number of pyridine rings is 1. The third kappa shape index (κ3) is 9.61. The predicted molar refractivity (Wildman–Crippen MR) is 128 cm³/mol. The average Bonchev–Trinajstić information content (AvgIpc) is 2.75. The Morgan fingerprint density at radius 3 is 2.30 bits per heavy atom. The van der Waals surface area contributed by atoms with Crippen LogP contribution in [0.4, 0.5) is 4.79 Å². The van der Waals surface area contributed by atoms with E-state index in [-0.39, 0.29) is 18.2 Å². The van der Waals surface area contributed by atoms with Crippen molar-refractivity contribution >= 4 is 12.0 Å². The van der Waals surface area contributed by atoms with E-state index in [1.165, 1.54) is 0 Å². The second-order valence-electron chi connectivity index (χ2n) is 9.63. The van der Waals surface area contributed by atoms with Crippen LogP contribution in [0.2, 0.25) is 0 Å². The van der Waals surface area contributed by atoms with Gasteiger partial charge in [0.2, 0.25) is 5.91 Å². The van der Waals surface area contributed by atoms with Crippen LogP contribution >= 0.6 is 0 Å². The Kier molecular flexibility index (Phi) is 9.85. The fourth-order valence-corrected chi connectivity index (χ4v) is 3.53. The van der Waals surface area contributed by atoms with Crippen LogP contribution in [-0.2, 0) is 22.5 Å². The summed E-state index contributed by atoms with van der Waals surface area (Å²) in [6.07, 6.45) is 0.774. The smallest absolute Gasteiger partial charge is 0.407 e. The molecule has 7 heteroatoms. The number of nitrogens with one attached hydrogen (secondary N) is 2. The number of amides is 2. The van der Waals surface area contributed by atoms with Crippen LogP contribution in [0.15, 0.2) is 54.7 Å². The van der Waals surface area contributed by atoms with Crippen molar-refractivity contribution in [2.24, 2.45) is 11.8 Å². The quantitative estimate of drug-likeness (QED) is 0.505. The van der Waals surface area contributed by atoms with Crippen molar-refractivity contribution in [1.82, 2.24) is 15.6 Å². The lowest BCUT2D eigenvalue weighted by molar-refractivity contribution is -0.127. The summed E-state index contributed by atoms with van der Waals surface area (Å²) in [5.74, 6) is -0.574. The van der Waals surface area contributed by atoms with Gasteiger partial charge >= 0.3 is 6.09 Å². The van der Waals surface area contributed by atoms with E-state index in [9.17, 15) is 14.7 Å². The Morgan fingerprint density at radius 1 is 1.06 bits per heavy atom. The van der Waals surface area contributed by atoms with E-state index in [1.54, 1.807) is 27.0 Å². The predicted octanol–water partition coefficient (Wildman–Crippen LogP) is 3.86. The maximum Gasteiger partial charge on any atom is 0.407 e. The largest absolute Gasteiger partial charge is 0.444 e. The molecule has 0 aliphatic heterocycles. The number of rotatable bonds is 10. The van der Waals surface area contributed by atoms with E-state index in [4.69, 9.17) is 4.74 Å². The SMILES string of the molecule is CC(C)[C@@H](C[C@H](O)[C@H](Cc1ccccc1)NC(=O)OC(C)(C)C)C(=O)NCc1ccccn1. The average molecular weight is 456 g/mol. The molecule has 3 atom stereocenters. The van der Waals surface area contributed by atoms with Gasteiger partial charge in [0.25, 0.3) is 0 Å². The summed E-state index contributed by atoms with van der Waals surface area (Å²) in [4.78, 5) is 29.6. The zero-order valence-corrected chi connectivity index (χ0v) is 20.2. The van der Waals surface area contributed by atoms with E-state index < -0.39 is 29.8 Å². The molecular formula is C26H37N3O4. The van der Waals surface area contributed by atoms with Crippen molar-refractivity contribution in [3.8, 4) is 0 Å². The van der Waals surface area contributed by atoms with Gasteiger partial charge in [-0.3, -0.25) is 9.78 Å². The lowest BCUT2D eigenvalue weighted by atomic mass is 9.86. The molecular weight excluding hydrogens is 418 g/mol. The second kappa shape index (κ2) is 12.3. The van der Waals surface area contributed by atoms with Gasteiger partial charge in [-0.25, -0.2) is 4.79 Å². The molecule has 1 aromatic carbocycles. The minimum Gasteiger partial charge on any atom is -0.444 e. The first kappa shape index (κ1) is 26.3. The summed E-state index contributed by atoms with van der Waals surface area (Å²) >= 11 is 0. The minimum absolute atomic E-state index is 0.00212. The lowest BCUT2D eigenvalue weighted by Crippen LogP contribution is -2.48. The van der Waals surface area contributed by atoms with Gasteiger partial charge in [0.1, 0.15) is 5.60 Å². The Balaban J connectivity index is 2.09. The van der Waals surface area contributed by atoms with Crippen LogP contribution in [0.5, 0.6) is 0 Å². The highest BCUT2D eigenvalue weighted by molar-refractivity contribution is 5.78. The number of aliphatic hydroxyl groups excluding tert-OH is 1. The normalized spacial score (nSPS) is 14.3. The number of ether oxygens (including phenoxy) is 1. The molecule has 3 N–H and O–H groups in total. The van der Waals surface area contributed by atoms with Crippen molar-refractivity contribution in [3.63, 3.8) is 0 Å². The molecule has 0 aliphatic rings. The van der Waals surface area contributed by atoms with Gasteiger partial charge in [-0.2, -0.15) is 0 Å². The molecule has 0 fully saturated rings. The minimum atomic E-state index is -0.939. The molecule has 0 saturated carbocycles. The number of carbonyl (C=O) groups is 2. The molecule has 0 aliphatic carbocycles. The molecule has 0 spiro atoms. The fourth-order valence-electron chi connectivity index (χ4n) is 3.53. The van der Waals surface area contributed by atoms with Crippen LogP contribution < -0.4 is 10.6 Å². The lowest BCUT2D eigenvalue weighted by Gasteiger charge is -2.30. The number of hydrogen-bond donors (Lipinski definition) is 3. The van der Waals surface area contributed by atoms with Gasteiger partial charge < -0.3 is 20.5 Å². The third-order valence-electron chi connectivity index (χ3n) is 5.27. The fraction of sp³-hybridized carbons (Fsp3) is 0.500. The maximum absolute atomic E-state index is 12.9. The Morgan fingerprint density at radius 2 is 1.73 bits per heavy atom. The Bertz CT molecular complexity index is 866. The Labute approximate surface area is 197 Å². The molecule has 0 unspecified atom stereocenters. The van der Waals surface area contributed by atoms with Crippen LogP contribution in [0, 0.1) is 11.8 Å². The van der Waals surface area contributed by atoms with Crippen molar-refractivity contribution in [2.45, 2.75) is 71.8 Å². The van der Waals surface area contributed by atoms with Gasteiger partial charge in [-0.1, -0.05) is 50.2 Å². The number of carbonyl (C=O) groups excluding carboxylic acids is 2. The summed E-state index contributed by atoms with van der Waals surface area (Å²) < 4.78 is 5.40. The summed E-state index contributed by atoms with van der Waals surface area (Å²) in [6.45, 7) is 9.58. The molecule has 0 saturated heterocycles. The van der Waals surface area contributed by atoms with Crippen molar-refractivity contribution in [2.75, 3.05) is 0 Å². The summed E-state index contributed by atoms with van der Waals surface area (Å²) in [5, 5.41) is 16.8. The first-order valence-electron chi connectivity index (χ1n) is 11.4. The second-order valence-corrected chi connectivity index (χ2v) is 9.63. The van der Waals surface area contributed by atoms with E-state index in [0.29, 0.717) is 13.0 Å². The number of alkyl carbamates (subject to hydrolysis) is 1. The van der Waals surface area contributed by atoms with Gasteiger partial charge in [-0.15, -0.1) is 0 Å². The highest BCUT2D eigenvalue weighted by Gasteiger charge is 2.31. The molecule has 2 rings (SSSR count). The van der Waals surface area contributed by atoms with Crippen molar-refractivity contribution in [3.05, 3.63) is 66.0 Å². The van der Waals surface area contributed by atoms with E-state index in [0.717, 1.165) is 11.3 Å². The summed E-state index contributed by atoms with van der Waals surface area (Å²) in [7, 11) is 0. The molecule has 2 amide bonds. The van der Waals surface area contributed by atoms with Crippen LogP contribution in [0.3, 0.4) is 0 Å². The first-order chi connectivity index (χ1) is 15.5. The van der Waals surface area contributed by atoms with Gasteiger partial charge in [-0.05, 0) is 57.2 Å². The number of benzene rings is 1. The zero-order valence-electron chi connectivity index (χ0n) is 20.2. The monoisotopic (exact) mass is 455 g/mol. The van der Waals surface area contributed by atoms with Crippen LogP contribution in [-0.4, -0.2) is 39.8 Å². The van der Waals surface area contributed by atoms with Crippen LogP contribution in [0.25, 0.3) is 0 Å². The highest BCUT2D eigenvalue weighted by Crippen LogP contribution is 2.21. The maximum atomic E-state index is 12.9. The third-order valence-corrected chi connectivity index (χ3v) is 5.27. The topological polar surface area (TPSA) is 101 Å². The molecule has 1 heterocycles. The van der Waals surface area contributed by atoms with Gasteiger partial charge in [0, 0.05) is 12.1 Å². The molecule has 7 nitrogen and oxygen atoms in total. The van der Waals surface area contributed by atoms with E-state index >= 15 is 0 Å². The van der Waals surface area contributed by atoms with Crippen LogP contribution in [0.1, 0.15) is 52.3 Å². The Hall–Kier alpha value is -2.93. The molecule has 2 aromatic rings. The van der Waals surface area contributed by atoms with E-state index in [1.807, 2.05) is 62.4 Å². The molecule has 0 bridgehead atoms. The number of hydrogen-bond acceptors (Lipinski definition) is 5. The molecule has 180 valence electrons. The zero-order chi connectivity index (χ0) is 24.4. The van der Waals surface area contributed by atoms with Crippen molar-refractivity contribution in [1.29, 1.82) is 0 Å². The number of aromatic nitrogens is 1. The first-order valence-corrected chi connectivity index (χ1v) is 11.4. The van der Waals surface area contributed by atoms with Gasteiger partial charge in [0.05, 0.1) is 24.4 Å². The number of aliphatic hydroxyl groups is 1. The number of nitrogens with zero attached hydrogens (tertiary/aromatic N) is 1. The molecule has 33 heavy (non-hydrogen) atoms. The standard InChI is InChI=1S/C26H37N3O4/c1-18(2)21(24(31)28-17-20-13-9-10-14-27-20)16-23(30)22(15-19-11-7-6-8-12-19)29-25(32)33-26(3,4)5/h6-14,18,21-23,30H,15-17H2,1-5H3,(H,28,31)(H,29,32)/t21-,22+,23+/m1/s1. The molecule has 0 radical (unpaired) electrons. The highest BCUT2D eigenvalue weighted by atomic mass is 16.6. The van der Waals surface area contributed by atoms with Crippen molar-refractivity contribution < 1.29 is 19.4 Å². The summed E-state index contributed by atoms with van der Waals surface area (Å²) in [6, 6.07) is 14.6. The summed E-state index contributed by atoms with van der Waals surface area (Å²) in [5.41, 5.74) is 1.08. The van der Waals surface area contributed by atoms with Gasteiger partial charge in [0.15, 0.2) is 0 Å².